The third-order valence-electron chi connectivity index (χ3n) is 3.29. The van der Waals surface area contributed by atoms with Crippen LogP contribution in [0.2, 0.25) is 0 Å². The predicted molar refractivity (Wildman–Crippen MR) is 69.0 cm³/mol. The Balaban J connectivity index is 2.30. The lowest BCUT2D eigenvalue weighted by Crippen LogP contribution is -2.40. The molecule has 1 aliphatic heterocycles. The van der Waals surface area contributed by atoms with E-state index in [4.69, 9.17) is 5.11 Å². The number of likely N-dealkylation sites (tertiary alicyclic amines) is 1. The molecule has 2 N–H and O–H groups in total. The van der Waals surface area contributed by atoms with Gasteiger partial charge in [0, 0.05) is 18.5 Å². The van der Waals surface area contributed by atoms with Crippen molar-refractivity contribution in [3.8, 4) is 0 Å². The minimum atomic E-state index is -1.07. The fourth-order valence-corrected chi connectivity index (χ4v) is 2.54. The lowest BCUT2D eigenvalue weighted by molar-refractivity contribution is -0.141. The van der Waals surface area contributed by atoms with Crippen molar-refractivity contribution in [1.82, 2.24) is 4.90 Å². The number of aliphatic hydroxyl groups excluding tert-OH is 1. The van der Waals surface area contributed by atoms with Crippen LogP contribution in [0.25, 0.3) is 0 Å². The molecule has 0 aromatic heterocycles. The van der Waals surface area contributed by atoms with E-state index in [1.54, 1.807) is 12.1 Å². The molecule has 5 nitrogen and oxygen atoms in total. The van der Waals surface area contributed by atoms with Gasteiger partial charge in [0.25, 0.3) is 5.91 Å². The van der Waals surface area contributed by atoms with E-state index in [-0.39, 0.29) is 18.9 Å². The number of β-amino-alcohol motifs (C(OH)–C–C–N with tert-alkyl or cyclic N) is 1. The molecule has 1 heterocycles. The van der Waals surface area contributed by atoms with Gasteiger partial charge in [-0.25, -0.2) is 4.79 Å². The molecule has 2 atom stereocenters. The summed E-state index contributed by atoms with van der Waals surface area (Å²) in [6.45, 7) is 3.84. The van der Waals surface area contributed by atoms with Gasteiger partial charge in [0.15, 0.2) is 0 Å². The maximum absolute atomic E-state index is 12.4. The van der Waals surface area contributed by atoms with Crippen LogP contribution in [0.1, 0.15) is 27.9 Å². The lowest BCUT2D eigenvalue weighted by Gasteiger charge is -2.21. The second-order valence-electron chi connectivity index (χ2n) is 5.08. The van der Waals surface area contributed by atoms with Crippen molar-refractivity contribution in [1.29, 1.82) is 0 Å². The topological polar surface area (TPSA) is 77.8 Å². The molecule has 1 amide bonds. The average Bonchev–Trinajstić information content (AvgIpc) is 2.69. The summed E-state index contributed by atoms with van der Waals surface area (Å²) in [5, 5.41) is 18.7. The molecule has 1 aromatic rings. The van der Waals surface area contributed by atoms with Crippen molar-refractivity contribution < 1.29 is 19.8 Å². The highest BCUT2D eigenvalue weighted by molar-refractivity contribution is 5.97. The average molecular weight is 263 g/mol. The van der Waals surface area contributed by atoms with Crippen LogP contribution in [-0.4, -0.2) is 45.7 Å². The van der Waals surface area contributed by atoms with E-state index < -0.39 is 18.1 Å². The molecule has 1 aliphatic rings. The first-order valence-corrected chi connectivity index (χ1v) is 6.18. The third-order valence-corrected chi connectivity index (χ3v) is 3.29. The van der Waals surface area contributed by atoms with E-state index in [1.165, 1.54) is 4.90 Å². The Morgan fingerprint density at radius 3 is 2.32 bits per heavy atom. The molecule has 1 saturated heterocycles. The normalized spacial score (nSPS) is 22.6. The van der Waals surface area contributed by atoms with Crippen LogP contribution in [0.5, 0.6) is 0 Å². The molecule has 1 aromatic carbocycles. The Hall–Kier alpha value is -1.88. The highest BCUT2D eigenvalue weighted by Gasteiger charge is 2.39. The standard InChI is InChI=1S/C14H17NO4/c1-8-3-9(2)5-10(4-8)13(17)15-7-11(16)6-12(15)14(18)19/h3-5,11-12,16H,6-7H2,1-2H3,(H,18,19)/t11-,12-/m1/s1. The number of hydrogen-bond acceptors (Lipinski definition) is 3. The van der Waals surface area contributed by atoms with Crippen LogP contribution in [0.4, 0.5) is 0 Å². The number of aliphatic hydroxyl groups is 1. The maximum atomic E-state index is 12.4. The second-order valence-corrected chi connectivity index (χ2v) is 5.08. The van der Waals surface area contributed by atoms with Gasteiger partial charge < -0.3 is 15.1 Å². The second kappa shape index (κ2) is 5.01. The number of carboxylic acids is 1. The van der Waals surface area contributed by atoms with Crippen LogP contribution >= 0.6 is 0 Å². The molecule has 0 bridgehead atoms. The molecule has 0 aliphatic carbocycles. The smallest absolute Gasteiger partial charge is 0.326 e. The van der Waals surface area contributed by atoms with Crippen molar-refractivity contribution in [2.75, 3.05) is 6.54 Å². The number of hydrogen-bond donors (Lipinski definition) is 2. The van der Waals surface area contributed by atoms with Crippen molar-refractivity contribution >= 4 is 11.9 Å². The van der Waals surface area contributed by atoms with Gasteiger partial charge in [0.2, 0.25) is 0 Å². The van der Waals surface area contributed by atoms with Crippen LogP contribution in [0.3, 0.4) is 0 Å². The first-order chi connectivity index (χ1) is 8.88. The van der Waals surface area contributed by atoms with Gasteiger partial charge >= 0.3 is 5.97 Å². The highest BCUT2D eigenvalue weighted by Crippen LogP contribution is 2.22. The molecule has 2 rings (SSSR count). The van der Waals surface area contributed by atoms with Gasteiger partial charge in [-0.15, -0.1) is 0 Å². The summed E-state index contributed by atoms with van der Waals surface area (Å²) in [5.41, 5.74) is 2.38. The predicted octanol–water partition coefficient (Wildman–Crippen LogP) is 0.963. The fraction of sp³-hybridized carbons (Fsp3) is 0.429. The van der Waals surface area contributed by atoms with Crippen LogP contribution in [0.15, 0.2) is 18.2 Å². The number of aryl methyl sites for hydroxylation is 2. The number of rotatable bonds is 2. The Morgan fingerprint density at radius 2 is 1.79 bits per heavy atom. The zero-order valence-corrected chi connectivity index (χ0v) is 11.0. The quantitative estimate of drug-likeness (QED) is 0.833. The summed E-state index contributed by atoms with van der Waals surface area (Å²) >= 11 is 0. The van der Waals surface area contributed by atoms with Gasteiger partial charge in [0.1, 0.15) is 6.04 Å². The van der Waals surface area contributed by atoms with Gasteiger partial charge in [-0.05, 0) is 26.0 Å². The van der Waals surface area contributed by atoms with E-state index >= 15 is 0 Å². The molecule has 0 unspecified atom stereocenters. The zero-order chi connectivity index (χ0) is 14.2. The van der Waals surface area contributed by atoms with Crippen molar-refractivity contribution in [3.63, 3.8) is 0 Å². The summed E-state index contributed by atoms with van der Waals surface area (Å²) in [6, 6.07) is 4.48. The Labute approximate surface area is 111 Å². The van der Waals surface area contributed by atoms with Gasteiger partial charge in [0.05, 0.1) is 6.10 Å². The van der Waals surface area contributed by atoms with Gasteiger partial charge in [-0.1, -0.05) is 17.2 Å². The molecule has 0 spiro atoms. The largest absolute Gasteiger partial charge is 0.480 e. The van der Waals surface area contributed by atoms with Crippen molar-refractivity contribution in [2.24, 2.45) is 0 Å². The number of amides is 1. The summed E-state index contributed by atoms with van der Waals surface area (Å²) in [7, 11) is 0. The van der Waals surface area contributed by atoms with E-state index in [1.807, 2.05) is 19.9 Å². The number of benzene rings is 1. The summed E-state index contributed by atoms with van der Waals surface area (Å²) in [4.78, 5) is 24.7. The van der Waals surface area contributed by atoms with Crippen molar-refractivity contribution in [3.05, 3.63) is 34.9 Å². The number of carbonyl (C=O) groups excluding carboxylic acids is 1. The van der Waals surface area contributed by atoms with E-state index in [0.29, 0.717) is 5.56 Å². The lowest BCUT2D eigenvalue weighted by atomic mass is 10.1. The molecular weight excluding hydrogens is 246 g/mol. The minimum Gasteiger partial charge on any atom is -0.480 e. The van der Waals surface area contributed by atoms with E-state index in [2.05, 4.69) is 0 Å². The molecule has 1 fully saturated rings. The summed E-state index contributed by atoms with van der Waals surface area (Å²) in [6.07, 6.45) is -0.678. The number of carboxylic acid groups (broad SMARTS) is 1. The zero-order valence-electron chi connectivity index (χ0n) is 11.0. The van der Waals surface area contributed by atoms with Crippen molar-refractivity contribution in [2.45, 2.75) is 32.4 Å². The van der Waals surface area contributed by atoms with Crippen LogP contribution in [0, 0.1) is 13.8 Å². The van der Waals surface area contributed by atoms with Gasteiger partial charge in [-0.3, -0.25) is 4.79 Å². The molecule has 0 saturated carbocycles. The first-order valence-electron chi connectivity index (χ1n) is 6.18. The Kier molecular flexibility index (Phi) is 3.57. The van der Waals surface area contributed by atoms with Crippen LogP contribution in [-0.2, 0) is 4.79 Å². The molecule has 19 heavy (non-hydrogen) atoms. The third kappa shape index (κ3) is 2.76. The SMILES string of the molecule is Cc1cc(C)cc(C(=O)N2C[C@H](O)C[C@@H]2C(=O)O)c1. The molecule has 102 valence electrons. The molecule has 0 radical (unpaired) electrons. The maximum Gasteiger partial charge on any atom is 0.326 e. The molecule has 5 heteroatoms. The highest BCUT2D eigenvalue weighted by atomic mass is 16.4. The Bertz CT molecular complexity index is 506. The monoisotopic (exact) mass is 263 g/mol. The Morgan fingerprint density at radius 1 is 1.21 bits per heavy atom. The molecular formula is C14H17NO4. The first kappa shape index (κ1) is 13.5. The van der Waals surface area contributed by atoms with E-state index in [0.717, 1.165) is 11.1 Å². The number of carbonyl (C=O) groups is 2. The van der Waals surface area contributed by atoms with E-state index in [9.17, 15) is 14.7 Å². The summed E-state index contributed by atoms with van der Waals surface area (Å²) in [5.74, 6) is -1.41. The number of nitrogens with zero attached hydrogens (tertiary/aromatic N) is 1. The number of aliphatic carboxylic acids is 1. The van der Waals surface area contributed by atoms with Crippen LogP contribution < -0.4 is 0 Å². The fourth-order valence-electron chi connectivity index (χ4n) is 2.54. The summed E-state index contributed by atoms with van der Waals surface area (Å²) < 4.78 is 0. The van der Waals surface area contributed by atoms with Gasteiger partial charge in [-0.2, -0.15) is 0 Å². The minimum absolute atomic E-state index is 0.0722.